The highest BCUT2D eigenvalue weighted by Crippen LogP contribution is 2.40. The van der Waals surface area contributed by atoms with E-state index in [1.54, 1.807) is 0 Å². The predicted octanol–water partition coefficient (Wildman–Crippen LogP) is 12.4. The molecule has 0 saturated heterocycles. The van der Waals surface area contributed by atoms with Gasteiger partial charge in [0.05, 0.1) is 28.1 Å². The topological polar surface area (TPSA) is 42.8 Å². The van der Waals surface area contributed by atoms with Crippen LogP contribution < -0.4 is 0 Å². The molecule has 2 aromatic heterocycles. The van der Waals surface area contributed by atoms with Crippen molar-refractivity contribution >= 4 is 55.3 Å². The molecule has 4 nitrogen and oxygen atoms in total. The van der Waals surface area contributed by atoms with Crippen LogP contribution in [0.4, 0.5) is 0 Å². The van der Waals surface area contributed by atoms with Crippen molar-refractivity contribution in [2.45, 2.75) is 19.9 Å². The van der Waals surface area contributed by atoms with Crippen molar-refractivity contribution in [2.24, 2.45) is 9.98 Å². The molecule has 0 N–H and O–H groups in total. The Labute approximate surface area is 296 Å². The molecule has 2 heterocycles. The van der Waals surface area contributed by atoms with Gasteiger partial charge in [-0.25, -0.2) is 4.99 Å². The molecule has 0 amide bonds. The van der Waals surface area contributed by atoms with E-state index in [1.807, 2.05) is 43.3 Å². The predicted molar refractivity (Wildman–Crippen MR) is 214 cm³/mol. The number of rotatable bonds is 6. The van der Waals surface area contributed by atoms with Crippen molar-refractivity contribution < 1.29 is 4.42 Å². The first-order chi connectivity index (χ1) is 25.1. The van der Waals surface area contributed by atoms with Crippen LogP contribution in [0.2, 0.25) is 0 Å². The Morgan fingerprint density at radius 2 is 1.22 bits per heavy atom. The van der Waals surface area contributed by atoms with Gasteiger partial charge in [0, 0.05) is 27.4 Å². The van der Waals surface area contributed by atoms with Crippen LogP contribution in [0.3, 0.4) is 0 Å². The van der Waals surface area contributed by atoms with Gasteiger partial charge in [-0.05, 0) is 66.4 Å². The molecule has 0 aliphatic rings. The summed E-state index contributed by atoms with van der Waals surface area (Å²) in [7, 11) is 0. The molecule has 51 heavy (non-hydrogen) atoms. The summed E-state index contributed by atoms with van der Waals surface area (Å²) >= 11 is 0. The normalized spacial score (nSPS) is 13.1. The Morgan fingerprint density at radius 1 is 0.549 bits per heavy atom. The Morgan fingerprint density at radius 3 is 2.00 bits per heavy atom. The molecular weight excluding hydrogens is 623 g/mol. The maximum Gasteiger partial charge on any atom is 0.155 e. The number of para-hydroxylation sites is 1. The van der Waals surface area contributed by atoms with Crippen molar-refractivity contribution in [2.75, 3.05) is 0 Å². The minimum absolute atomic E-state index is 0.154. The summed E-state index contributed by atoms with van der Waals surface area (Å²) < 4.78 is 9.02. The smallest absolute Gasteiger partial charge is 0.155 e. The molecule has 0 aliphatic heterocycles. The number of hydrogen-bond donors (Lipinski definition) is 0. The molecule has 9 aromatic rings. The molecular formula is C47H35N3O. The fourth-order valence-electron chi connectivity index (χ4n) is 7.23. The van der Waals surface area contributed by atoms with E-state index in [2.05, 4.69) is 145 Å². The highest BCUT2D eigenvalue weighted by Gasteiger charge is 2.19. The number of benzene rings is 7. The maximum atomic E-state index is 6.62. The van der Waals surface area contributed by atoms with E-state index in [0.29, 0.717) is 5.84 Å². The summed E-state index contributed by atoms with van der Waals surface area (Å²) in [5.74, 6) is 0.706. The number of furan rings is 1. The third kappa shape index (κ3) is 5.51. The van der Waals surface area contributed by atoms with Crippen molar-refractivity contribution in [1.29, 1.82) is 0 Å². The molecule has 244 valence electrons. The van der Waals surface area contributed by atoms with Gasteiger partial charge in [-0.2, -0.15) is 0 Å². The van der Waals surface area contributed by atoms with E-state index >= 15 is 0 Å². The second-order valence-corrected chi connectivity index (χ2v) is 13.0. The molecule has 0 fully saturated rings. The van der Waals surface area contributed by atoms with Gasteiger partial charge in [0.2, 0.25) is 0 Å². The number of hydrogen-bond acceptors (Lipinski definition) is 2. The first-order valence-electron chi connectivity index (χ1n) is 17.4. The SMILES string of the molecule is CC(=NC(=N[C@@H](C)c1ccc2c(c1)oc1cccc(-n3c4ccccc4c4ccc(-c5ccccc5)cc43)c12)c1ccccc1)c1ccccc1. The van der Waals surface area contributed by atoms with E-state index in [1.165, 1.54) is 32.9 Å². The molecule has 0 spiro atoms. The fourth-order valence-corrected chi connectivity index (χ4v) is 7.23. The standard InChI is InChI=1S/C47H35N3O/c1-31(33-15-6-3-7-16-33)48-47(35-19-10-5-11-20-35)49-32(2)36-25-28-40-45(30-36)51-44-24-14-23-42(46(40)44)50-41-22-13-12-21-38(41)39-27-26-37(29-43(39)50)34-17-8-4-9-18-34/h3-30,32H,1-2H3/t32-/m0/s1. The Kier molecular flexibility index (Phi) is 7.63. The zero-order valence-corrected chi connectivity index (χ0v) is 28.5. The number of aromatic nitrogens is 1. The zero-order chi connectivity index (χ0) is 34.3. The van der Waals surface area contributed by atoms with Crippen LogP contribution in [0.15, 0.2) is 184 Å². The third-order valence-corrected chi connectivity index (χ3v) is 9.82. The average Bonchev–Trinajstić information content (AvgIpc) is 3.73. The molecule has 0 bridgehead atoms. The van der Waals surface area contributed by atoms with Gasteiger partial charge in [0.25, 0.3) is 0 Å². The van der Waals surface area contributed by atoms with Crippen LogP contribution in [-0.2, 0) is 0 Å². The van der Waals surface area contributed by atoms with E-state index < -0.39 is 0 Å². The van der Waals surface area contributed by atoms with Crippen LogP contribution in [0.25, 0.3) is 60.6 Å². The molecule has 0 aliphatic carbocycles. The first-order valence-corrected chi connectivity index (χ1v) is 17.4. The monoisotopic (exact) mass is 657 g/mol. The third-order valence-electron chi connectivity index (χ3n) is 9.82. The molecule has 9 rings (SSSR count). The molecule has 0 saturated carbocycles. The molecule has 0 unspecified atom stereocenters. The van der Waals surface area contributed by atoms with Crippen LogP contribution in [0.1, 0.15) is 36.6 Å². The van der Waals surface area contributed by atoms with E-state index in [4.69, 9.17) is 14.4 Å². The van der Waals surface area contributed by atoms with Crippen LogP contribution in [0.5, 0.6) is 0 Å². The number of nitrogens with zero attached hydrogens (tertiary/aromatic N) is 3. The van der Waals surface area contributed by atoms with Crippen molar-refractivity contribution in [3.05, 3.63) is 187 Å². The average molecular weight is 658 g/mol. The van der Waals surface area contributed by atoms with Crippen LogP contribution in [-0.4, -0.2) is 16.1 Å². The number of aliphatic imine (C=N–C) groups is 2. The number of amidine groups is 1. The van der Waals surface area contributed by atoms with Gasteiger partial charge in [-0.1, -0.05) is 140 Å². The first kappa shape index (κ1) is 30.5. The lowest BCUT2D eigenvalue weighted by atomic mass is 10.0. The van der Waals surface area contributed by atoms with Gasteiger partial charge < -0.3 is 8.98 Å². The van der Waals surface area contributed by atoms with E-state index in [0.717, 1.165) is 50.0 Å². The zero-order valence-electron chi connectivity index (χ0n) is 28.5. The lowest BCUT2D eigenvalue weighted by Gasteiger charge is -2.12. The molecule has 0 radical (unpaired) electrons. The van der Waals surface area contributed by atoms with Gasteiger partial charge in [-0.15, -0.1) is 0 Å². The molecule has 1 atom stereocenters. The van der Waals surface area contributed by atoms with Crippen LogP contribution in [0, 0.1) is 0 Å². The summed E-state index contributed by atoms with van der Waals surface area (Å²) in [5.41, 5.74) is 11.6. The van der Waals surface area contributed by atoms with Crippen LogP contribution >= 0.6 is 0 Å². The van der Waals surface area contributed by atoms with Gasteiger partial charge >= 0.3 is 0 Å². The summed E-state index contributed by atoms with van der Waals surface area (Å²) in [6.07, 6.45) is 0. The summed E-state index contributed by atoms with van der Waals surface area (Å²) in [5, 5.41) is 4.62. The van der Waals surface area contributed by atoms with Crippen molar-refractivity contribution in [1.82, 2.24) is 4.57 Å². The number of fused-ring (bicyclic) bond motifs is 6. The van der Waals surface area contributed by atoms with E-state index in [-0.39, 0.29) is 6.04 Å². The van der Waals surface area contributed by atoms with Gasteiger partial charge in [-0.3, -0.25) is 4.99 Å². The Balaban J connectivity index is 1.18. The second kappa shape index (κ2) is 12.7. The lowest BCUT2D eigenvalue weighted by Crippen LogP contribution is -2.05. The van der Waals surface area contributed by atoms with Crippen molar-refractivity contribution in [3.63, 3.8) is 0 Å². The maximum absolute atomic E-state index is 6.62. The summed E-state index contributed by atoms with van der Waals surface area (Å²) in [4.78, 5) is 10.2. The summed E-state index contributed by atoms with van der Waals surface area (Å²) in [6.45, 7) is 4.16. The van der Waals surface area contributed by atoms with Gasteiger partial charge in [0.15, 0.2) is 5.84 Å². The minimum Gasteiger partial charge on any atom is -0.456 e. The largest absolute Gasteiger partial charge is 0.456 e. The summed E-state index contributed by atoms with van der Waals surface area (Å²) in [6, 6.07) is 59.2. The quantitative estimate of drug-likeness (QED) is 0.130. The van der Waals surface area contributed by atoms with Crippen molar-refractivity contribution in [3.8, 4) is 16.8 Å². The fraction of sp³-hybridized carbons (Fsp3) is 0.0638. The highest BCUT2D eigenvalue weighted by atomic mass is 16.3. The Hall–Kier alpha value is -6.52. The second-order valence-electron chi connectivity index (χ2n) is 13.0. The lowest BCUT2D eigenvalue weighted by molar-refractivity contribution is 0.666. The Bertz CT molecular complexity index is 2750. The van der Waals surface area contributed by atoms with E-state index in [9.17, 15) is 0 Å². The highest BCUT2D eigenvalue weighted by molar-refractivity contribution is 6.15. The molecule has 7 aromatic carbocycles. The van der Waals surface area contributed by atoms with Gasteiger partial charge in [0.1, 0.15) is 11.2 Å². The minimum atomic E-state index is -0.154. The molecule has 4 heteroatoms.